The minimum atomic E-state index is -0.777. The van der Waals surface area contributed by atoms with Gasteiger partial charge in [0.15, 0.2) is 0 Å². The first-order valence-corrected chi connectivity index (χ1v) is 6.61. The highest BCUT2D eigenvalue weighted by molar-refractivity contribution is 9.10. The van der Waals surface area contributed by atoms with Crippen LogP contribution in [0.2, 0.25) is 0 Å². The molecule has 2 rings (SSSR count). The first-order valence-electron chi connectivity index (χ1n) is 5.81. The molecule has 0 fully saturated rings. The van der Waals surface area contributed by atoms with Crippen LogP contribution in [0, 0.1) is 0 Å². The fourth-order valence-corrected chi connectivity index (χ4v) is 2.38. The summed E-state index contributed by atoms with van der Waals surface area (Å²) >= 11 is 3.45. The van der Waals surface area contributed by atoms with Crippen molar-refractivity contribution in [1.29, 1.82) is 0 Å². The molecule has 1 atom stereocenters. The van der Waals surface area contributed by atoms with Crippen LogP contribution < -0.4 is 9.47 Å². The van der Waals surface area contributed by atoms with Crippen molar-refractivity contribution in [3.63, 3.8) is 0 Å². The molecule has 1 N–H and O–H groups in total. The van der Waals surface area contributed by atoms with Gasteiger partial charge in [0.1, 0.15) is 17.6 Å². The Morgan fingerprint density at radius 2 is 1.74 bits per heavy atom. The summed E-state index contributed by atoms with van der Waals surface area (Å²) in [7, 11) is 3.19. The summed E-state index contributed by atoms with van der Waals surface area (Å²) in [6.45, 7) is 0. The molecule has 0 amide bonds. The molecular weight excluding hydrogens is 308 g/mol. The molecule has 2 aromatic rings. The predicted octanol–water partition coefficient (Wildman–Crippen LogP) is 3.55. The van der Waals surface area contributed by atoms with Crippen LogP contribution in [0.25, 0.3) is 0 Å². The second-order valence-corrected chi connectivity index (χ2v) is 4.89. The van der Waals surface area contributed by atoms with Gasteiger partial charge in [-0.2, -0.15) is 0 Å². The SMILES string of the molecule is COc1ccc(Br)c(C(O)c2ccccc2OC)c1. The molecule has 0 spiro atoms. The van der Waals surface area contributed by atoms with Crippen LogP contribution in [0.3, 0.4) is 0 Å². The molecule has 0 bridgehead atoms. The van der Waals surface area contributed by atoms with E-state index in [2.05, 4.69) is 15.9 Å². The van der Waals surface area contributed by atoms with Crippen LogP contribution in [0.15, 0.2) is 46.9 Å². The summed E-state index contributed by atoms with van der Waals surface area (Å²) in [5, 5.41) is 10.5. The van der Waals surface area contributed by atoms with Gasteiger partial charge >= 0.3 is 0 Å². The Morgan fingerprint density at radius 3 is 2.42 bits per heavy atom. The molecule has 0 aliphatic rings. The number of hydrogen-bond donors (Lipinski definition) is 1. The predicted molar refractivity (Wildman–Crippen MR) is 77.7 cm³/mol. The monoisotopic (exact) mass is 322 g/mol. The van der Waals surface area contributed by atoms with E-state index >= 15 is 0 Å². The lowest BCUT2D eigenvalue weighted by Gasteiger charge is -2.17. The van der Waals surface area contributed by atoms with E-state index in [9.17, 15) is 5.11 Å². The van der Waals surface area contributed by atoms with E-state index in [4.69, 9.17) is 9.47 Å². The van der Waals surface area contributed by atoms with Gasteiger partial charge in [0.2, 0.25) is 0 Å². The van der Waals surface area contributed by atoms with Crippen LogP contribution in [-0.2, 0) is 0 Å². The van der Waals surface area contributed by atoms with Crippen molar-refractivity contribution in [3.8, 4) is 11.5 Å². The molecule has 0 aromatic heterocycles. The molecule has 3 nitrogen and oxygen atoms in total. The zero-order chi connectivity index (χ0) is 13.8. The second-order valence-electron chi connectivity index (χ2n) is 4.03. The van der Waals surface area contributed by atoms with E-state index in [1.54, 1.807) is 20.3 Å². The molecule has 19 heavy (non-hydrogen) atoms. The summed E-state index contributed by atoms with van der Waals surface area (Å²) in [5.74, 6) is 1.36. The highest BCUT2D eigenvalue weighted by Crippen LogP contribution is 2.35. The minimum Gasteiger partial charge on any atom is -0.497 e. The normalized spacial score (nSPS) is 12.0. The number of benzene rings is 2. The average Bonchev–Trinajstić information content (AvgIpc) is 2.47. The van der Waals surface area contributed by atoms with E-state index in [-0.39, 0.29) is 0 Å². The van der Waals surface area contributed by atoms with Crippen LogP contribution in [0.1, 0.15) is 17.2 Å². The number of rotatable bonds is 4. The third-order valence-corrected chi connectivity index (χ3v) is 3.65. The lowest BCUT2D eigenvalue weighted by molar-refractivity contribution is 0.213. The Hall–Kier alpha value is -1.52. The Kier molecular flexibility index (Phi) is 4.45. The second kappa shape index (κ2) is 6.08. The summed E-state index contributed by atoms with van der Waals surface area (Å²) < 4.78 is 11.3. The Bertz CT molecular complexity index is 569. The van der Waals surface area contributed by atoms with Crippen LogP contribution in [0.5, 0.6) is 11.5 Å². The van der Waals surface area contributed by atoms with Gasteiger partial charge in [-0.25, -0.2) is 0 Å². The lowest BCUT2D eigenvalue weighted by Crippen LogP contribution is -2.03. The van der Waals surface area contributed by atoms with E-state index in [0.29, 0.717) is 11.5 Å². The van der Waals surface area contributed by atoms with Crippen molar-refractivity contribution in [2.24, 2.45) is 0 Å². The molecule has 0 saturated heterocycles. The fourth-order valence-electron chi connectivity index (χ4n) is 1.92. The van der Waals surface area contributed by atoms with Crippen LogP contribution in [0.4, 0.5) is 0 Å². The maximum absolute atomic E-state index is 10.5. The zero-order valence-corrected chi connectivity index (χ0v) is 12.3. The van der Waals surface area contributed by atoms with Gasteiger partial charge in [-0.1, -0.05) is 34.1 Å². The zero-order valence-electron chi connectivity index (χ0n) is 10.8. The summed E-state index contributed by atoms with van der Waals surface area (Å²) in [5.41, 5.74) is 1.46. The molecule has 0 heterocycles. The molecule has 0 saturated carbocycles. The van der Waals surface area contributed by atoms with Crippen molar-refractivity contribution in [3.05, 3.63) is 58.1 Å². The minimum absolute atomic E-state index is 0.657. The van der Waals surface area contributed by atoms with Gasteiger partial charge in [0.05, 0.1) is 14.2 Å². The number of methoxy groups -OCH3 is 2. The quantitative estimate of drug-likeness (QED) is 0.935. The molecular formula is C15H15BrO3. The molecule has 100 valence electrons. The summed E-state index contributed by atoms with van der Waals surface area (Å²) in [6.07, 6.45) is -0.777. The van der Waals surface area contributed by atoms with Crippen molar-refractivity contribution in [2.45, 2.75) is 6.10 Å². The van der Waals surface area contributed by atoms with E-state index in [1.165, 1.54) is 0 Å². The third kappa shape index (κ3) is 2.91. The van der Waals surface area contributed by atoms with Gasteiger partial charge < -0.3 is 14.6 Å². The van der Waals surface area contributed by atoms with E-state index in [1.807, 2.05) is 36.4 Å². The van der Waals surface area contributed by atoms with Crippen molar-refractivity contribution in [1.82, 2.24) is 0 Å². The van der Waals surface area contributed by atoms with Gasteiger partial charge in [0.25, 0.3) is 0 Å². The van der Waals surface area contributed by atoms with Gasteiger partial charge in [-0.05, 0) is 24.3 Å². The van der Waals surface area contributed by atoms with Crippen molar-refractivity contribution in [2.75, 3.05) is 14.2 Å². The fraction of sp³-hybridized carbons (Fsp3) is 0.200. The molecule has 0 aliphatic heterocycles. The summed E-state index contributed by atoms with van der Waals surface area (Å²) in [6, 6.07) is 12.9. The smallest absolute Gasteiger partial charge is 0.125 e. The molecule has 1 unspecified atom stereocenters. The summed E-state index contributed by atoms with van der Waals surface area (Å²) in [4.78, 5) is 0. The highest BCUT2D eigenvalue weighted by Gasteiger charge is 2.18. The van der Waals surface area contributed by atoms with Crippen LogP contribution >= 0.6 is 15.9 Å². The number of ether oxygens (including phenoxy) is 2. The maximum atomic E-state index is 10.5. The topological polar surface area (TPSA) is 38.7 Å². The molecule has 2 aromatic carbocycles. The Morgan fingerprint density at radius 1 is 1.00 bits per heavy atom. The number of para-hydroxylation sites is 1. The standard InChI is InChI=1S/C15H15BrO3/c1-18-10-7-8-13(16)12(9-10)15(17)11-5-3-4-6-14(11)19-2/h3-9,15,17H,1-2H3. The van der Waals surface area contributed by atoms with Crippen LogP contribution in [-0.4, -0.2) is 19.3 Å². The lowest BCUT2D eigenvalue weighted by atomic mass is 10.0. The molecule has 0 radical (unpaired) electrons. The van der Waals surface area contributed by atoms with Crippen molar-refractivity contribution >= 4 is 15.9 Å². The molecule has 0 aliphatic carbocycles. The number of aliphatic hydroxyl groups is 1. The molecule has 4 heteroatoms. The van der Waals surface area contributed by atoms with Gasteiger partial charge in [-0.3, -0.25) is 0 Å². The number of aliphatic hydroxyl groups excluding tert-OH is 1. The third-order valence-electron chi connectivity index (χ3n) is 2.93. The first-order chi connectivity index (χ1) is 9.17. The Labute approximate surface area is 120 Å². The van der Waals surface area contributed by atoms with E-state index < -0.39 is 6.10 Å². The van der Waals surface area contributed by atoms with Gasteiger partial charge in [-0.15, -0.1) is 0 Å². The number of halogens is 1. The maximum Gasteiger partial charge on any atom is 0.125 e. The number of hydrogen-bond acceptors (Lipinski definition) is 3. The largest absolute Gasteiger partial charge is 0.497 e. The first kappa shape index (κ1) is 13.9. The highest BCUT2D eigenvalue weighted by atomic mass is 79.9. The Balaban J connectivity index is 2.46. The van der Waals surface area contributed by atoms with Gasteiger partial charge in [0, 0.05) is 15.6 Å². The average molecular weight is 323 g/mol. The van der Waals surface area contributed by atoms with Crippen molar-refractivity contribution < 1.29 is 14.6 Å². The van der Waals surface area contributed by atoms with E-state index in [0.717, 1.165) is 15.6 Å².